The summed E-state index contributed by atoms with van der Waals surface area (Å²) in [4.78, 5) is 4.72. The molecule has 2 fully saturated rings. The van der Waals surface area contributed by atoms with Gasteiger partial charge in [-0.15, -0.1) is 25.3 Å². The van der Waals surface area contributed by atoms with Crippen molar-refractivity contribution in [3.8, 4) is 0 Å². The average molecular weight is 284 g/mol. The topological polar surface area (TPSA) is 6.48 Å². The number of nitrogens with zero attached hydrogens (tertiary/aromatic N) is 2. The first-order valence-corrected chi connectivity index (χ1v) is 7.96. The Kier molecular flexibility index (Phi) is 5.83. The smallest absolute Gasteiger partial charge is 0.0677 e. The van der Waals surface area contributed by atoms with E-state index in [2.05, 4.69) is 47.2 Å². The fraction of sp³-hybridized carbons (Fsp3) is 0.714. The quantitative estimate of drug-likeness (QED) is 0.605. The largest absolute Gasteiger partial charge is 0.367 e. The van der Waals surface area contributed by atoms with Crippen LogP contribution in [0.25, 0.3) is 0 Å². The van der Waals surface area contributed by atoms with Gasteiger partial charge in [0.25, 0.3) is 0 Å². The number of likely N-dealkylation sites (tertiary alicyclic amines) is 2. The third-order valence-corrected chi connectivity index (χ3v) is 4.61. The van der Waals surface area contributed by atoms with Crippen LogP contribution in [-0.2, 0) is 0 Å². The highest BCUT2D eigenvalue weighted by atomic mass is 32.1. The molecule has 0 unspecified atom stereocenters. The van der Waals surface area contributed by atoms with Crippen molar-refractivity contribution in [2.24, 2.45) is 0 Å². The first-order chi connectivity index (χ1) is 8.77. The molecule has 2 saturated heterocycles. The van der Waals surface area contributed by atoms with Gasteiger partial charge in [-0.3, -0.25) is 0 Å². The summed E-state index contributed by atoms with van der Waals surface area (Å²) in [5.74, 6) is 0. The predicted molar refractivity (Wildman–Crippen MR) is 85.0 cm³/mol. The van der Waals surface area contributed by atoms with Crippen LogP contribution in [0.4, 0.5) is 0 Å². The fourth-order valence-electron chi connectivity index (χ4n) is 2.61. The number of rotatable bonds is 3. The van der Waals surface area contributed by atoms with Crippen LogP contribution in [-0.4, -0.2) is 36.0 Å². The van der Waals surface area contributed by atoms with Crippen LogP contribution in [0.1, 0.15) is 38.5 Å². The standard InChI is InChI=1S/C14H24N2S2/c17-13(15-9-3-1-4-10-15)7-8-14(18)16-11-5-2-6-12-16/h7-8,17-18H,1-6,9-12H2/b13-7-,14-8-. The first kappa shape index (κ1) is 14.2. The van der Waals surface area contributed by atoms with Gasteiger partial charge in [0.15, 0.2) is 0 Å². The molecule has 0 aliphatic carbocycles. The van der Waals surface area contributed by atoms with Crippen molar-refractivity contribution < 1.29 is 0 Å². The molecule has 4 heteroatoms. The summed E-state index contributed by atoms with van der Waals surface area (Å²) in [6.07, 6.45) is 12.1. The molecule has 102 valence electrons. The molecule has 0 aromatic rings. The molecule has 0 aromatic carbocycles. The lowest BCUT2D eigenvalue weighted by molar-refractivity contribution is 0.300. The molecule has 0 atom stereocenters. The summed E-state index contributed by atoms with van der Waals surface area (Å²) >= 11 is 9.20. The van der Waals surface area contributed by atoms with Gasteiger partial charge in [-0.25, -0.2) is 0 Å². The summed E-state index contributed by atoms with van der Waals surface area (Å²) in [6.45, 7) is 4.59. The lowest BCUT2D eigenvalue weighted by Gasteiger charge is -2.29. The van der Waals surface area contributed by atoms with Crippen molar-refractivity contribution in [3.63, 3.8) is 0 Å². The summed E-state index contributed by atoms with van der Waals surface area (Å²) in [5.41, 5.74) is 0. The van der Waals surface area contributed by atoms with Crippen LogP contribution in [0, 0.1) is 0 Å². The Morgan fingerprint density at radius 2 is 0.944 bits per heavy atom. The van der Waals surface area contributed by atoms with E-state index in [0.29, 0.717) is 0 Å². The van der Waals surface area contributed by atoms with Crippen LogP contribution in [0.5, 0.6) is 0 Å². The molecule has 2 heterocycles. The molecule has 2 aliphatic rings. The number of hydrogen-bond donors (Lipinski definition) is 2. The van der Waals surface area contributed by atoms with Crippen molar-refractivity contribution in [1.82, 2.24) is 9.80 Å². The van der Waals surface area contributed by atoms with Gasteiger partial charge < -0.3 is 9.80 Å². The van der Waals surface area contributed by atoms with Gasteiger partial charge in [-0.1, -0.05) is 0 Å². The normalized spacial score (nSPS) is 23.4. The van der Waals surface area contributed by atoms with E-state index >= 15 is 0 Å². The van der Waals surface area contributed by atoms with Gasteiger partial charge >= 0.3 is 0 Å². The SMILES string of the molecule is S/C(=C\C=C(/S)N1CCCCC1)N1CCCCC1. The Hall–Kier alpha value is -0.220. The van der Waals surface area contributed by atoms with Crippen LogP contribution >= 0.6 is 25.3 Å². The highest BCUT2D eigenvalue weighted by molar-refractivity contribution is 7.84. The second-order valence-corrected chi connectivity index (χ2v) is 6.06. The van der Waals surface area contributed by atoms with E-state index in [9.17, 15) is 0 Å². The molecule has 0 amide bonds. The Morgan fingerprint density at radius 1 is 0.611 bits per heavy atom. The van der Waals surface area contributed by atoms with Crippen molar-refractivity contribution in [1.29, 1.82) is 0 Å². The molecular formula is C14H24N2S2. The third kappa shape index (κ3) is 4.16. The highest BCUT2D eigenvalue weighted by Gasteiger charge is 2.12. The van der Waals surface area contributed by atoms with Gasteiger partial charge in [-0.05, 0) is 50.7 Å². The Balaban J connectivity index is 1.89. The van der Waals surface area contributed by atoms with Gasteiger partial charge in [-0.2, -0.15) is 0 Å². The van der Waals surface area contributed by atoms with E-state index in [1.54, 1.807) is 0 Å². The zero-order valence-electron chi connectivity index (χ0n) is 11.0. The Labute approximate surface area is 122 Å². The highest BCUT2D eigenvalue weighted by Crippen LogP contribution is 2.20. The predicted octanol–water partition coefficient (Wildman–Crippen LogP) is 3.50. The minimum atomic E-state index is 1.08. The molecule has 18 heavy (non-hydrogen) atoms. The van der Waals surface area contributed by atoms with Crippen LogP contribution in [0.3, 0.4) is 0 Å². The molecule has 0 saturated carbocycles. The Bertz CT molecular complexity index is 282. The van der Waals surface area contributed by atoms with Gasteiger partial charge in [0, 0.05) is 26.2 Å². The lowest BCUT2D eigenvalue weighted by Crippen LogP contribution is -2.28. The zero-order chi connectivity index (χ0) is 12.8. The summed E-state index contributed by atoms with van der Waals surface area (Å²) in [5, 5.41) is 2.16. The van der Waals surface area contributed by atoms with Crippen LogP contribution < -0.4 is 0 Å². The second-order valence-electron chi connectivity index (χ2n) is 5.15. The van der Waals surface area contributed by atoms with Gasteiger partial charge in [0.2, 0.25) is 0 Å². The summed E-state index contributed by atoms with van der Waals surface area (Å²) < 4.78 is 0. The van der Waals surface area contributed by atoms with E-state index < -0.39 is 0 Å². The number of allylic oxidation sites excluding steroid dienone is 2. The van der Waals surface area contributed by atoms with Crippen LogP contribution in [0.2, 0.25) is 0 Å². The first-order valence-electron chi connectivity index (χ1n) is 7.07. The number of hydrogen-bond acceptors (Lipinski definition) is 4. The molecule has 0 radical (unpaired) electrons. The molecule has 2 rings (SSSR count). The summed E-state index contributed by atoms with van der Waals surface area (Å²) in [7, 11) is 0. The van der Waals surface area contributed by atoms with Crippen LogP contribution in [0.15, 0.2) is 22.2 Å². The van der Waals surface area contributed by atoms with E-state index in [0.717, 1.165) is 36.2 Å². The minimum Gasteiger partial charge on any atom is -0.367 e. The average Bonchev–Trinajstić information content (AvgIpc) is 2.46. The number of thiol groups is 2. The molecule has 2 aliphatic heterocycles. The van der Waals surface area contributed by atoms with Crippen molar-refractivity contribution in [2.75, 3.05) is 26.2 Å². The summed E-state index contributed by atoms with van der Waals surface area (Å²) in [6, 6.07) is 0. The van der Waals surface area contributed by atoms with E-state index in [1.807, 2.05) is 0 Å². The van der Waals surface area contributed by atoms with Gasteiger partial charge in [0.1, 0.15) is 0 Å². The number of piperidine rings is 2. The maximum Gasteiger partial charge on any atom is 0.0677 e. The van der Waals surface area contributed by atoms with E-state index in [1.165, 1.54) is 38.5 Å². The molecule has 0 bridgehead atoms. The second kappa shape index (κ2) is 7.39. The maximum absolute atomic E-state index is 4.60. The molecule has 2 nitrogen and oxygen atoms in total. The van der Waals surface area contributed by atoms with E-state index in [4.69, 9.17) is 0 Å². The molecule has 0 spiro atoms. The third-order valence-electron chi connectivity index (χ3n) is 3.74. The molecule has 0 aromatic heterocycles. The zero-order valence-corrected chi connectivity index (χ0v) is 12.8. The van der Waals surface area contributed by atoms with Crippen molar-refractivity contribution in [2.45, 2.75) is 38.5 Å². The van der Waals surface area contributed by atoms with Crippen molar-refractivity contribution >= 4 is 25.3 Å². The van der Waals surface area contributed by atoms with E-state index in [-0.39, 0.29) is 0 Å². The maximum atomic E-state index is 4.60. The molecule has 0 N–H and O–H groups in total. The molecular weight excluding hydrogens is 260 g/mol. The van der Waals surface area contributed by atoms with Crippen molar-refractivity contribution in [3.05, 3.63) is 22.2 Å². The monoisotopic (exact) mass is 284 g/mol. The minimum absolute atomic E-state index is 1.08. The fourth-order valence-corrected chi connectivity index (χ4v) is 3.15. The van der Waals surface area contributed by atoms with Gasteiger partial charge in [0.05, 0.1) is 10.1 Å². The lowest BCUT2D eigenvalue weighted by atomic mass is 10.1. The Morgan fingerprint density at radius 3 is 1.28 bits per heavy atom.